The second kappa shape index (κ2) is 10.4. The summed E-state index contributed by atoms with van der Waals surface area (Å²) in [5, 5.41) is 5.05. The summed E-state index contributed by atoms with van der Waals surface area (Å²) in [4.78, 5) is 2.61. The summed E-state index contributed by atoms with van der Waals surface area (Å²) in [6.45, 7) is 20.6. The number of fused-ring (bicyclic) bond motifs is 1. The van der Waals surface area contributed by atoms with E-state index in [1.807, 2.05) is 13.8 Å². The molecule has 4 heteroatoms. The molecule has 0 bridgehead atoms. The van der Waals surface area contributed by atoms with Crippen molar-refractivity contribution in [2.75, 3.05) is 13.1 Å². The van der Waals surface area contributed by atoms with Crippen LogP contribution < -0.4 is 3.80 Å². The van der Waals surface area contributed by atoms with Crippen molar-refractivity contribution in [3.05, 3.63) is 65.8 Å². The molecule has 1 fully saturated rings. The van der Waals surface area contributed by atoms with Crippen LogP contribution in [0.15, 0.2) is 54.6 Å². The van der Waals surface area contributed by atoms with Gasteiger partial charge in [0.05, 0.1) is 0 Å². The standard InChI is InChI=1S/C13H14N.C6H10.C4H10N.2CH3.H4Si.Ti/c1-2-6-12-11(5-1)7-8-13(12)14-9-3-4-10-14;1-5(2)6(3)4;1-4(2,3)5;;;;/h1-2,5-8H,3-4,9-10H2;1,3H2,2,4H3;5H,1-3H3;2*1H3;1H4;/q;;-1;;;;+1. The number of likely N-dealkylation sites (tertiary alicyclic amines) is 1. The Morgan fingerprint density at radius 2 is 1.55 bits per heavy atom. The molecule has 0 amide bonds. The summed E-state index contributed by atoms with van der Waals surface area (Å²) in [7, 11) is 0. The van der Waals surface area contributed by atoms with Crippen LogP contribution in [0.2, 0.25) is 10.5 Å². The van der Waals surface area contributed by atoms with Gasteiger partial charge in [0.25, 0.3) is 0 Å². The number of allylic oxidation sites excluding steroid dienone is 3. The van der Waals surface area contributed by atoms with Gasteiger partial charge < -0.3 is 0 Å². The molecule has 1 atom stereocenters. The third-order valence-corrected chi connectivity index (χ3v) is 10.9. The van der Waals surface area contributed by atoms with Crippen LogP contribution in [0.4, 0.5) is 0 Å². The van der Waals surface area contributed by atoms with Crippen LogP contribution >= 0.6 is 0 Å². The smallest absolute Gasteiger partial charge is 0.0149 e. The molecule has 2 nitrogen and oxygen atoms in total. The fourth-order valence-corrected chi connectivity index (χ4v) is 9.98. The van der Waals surface area contributed by atoms with Crippen molar-refractivity contribution in [2.45, 2.75) is 67.7 Å². The summed E-state index contributed by atoms with van der Waals surface area (Å²) in [5.74, 6) is 0. The molecule has 0 saturated carbocycles. The quantitative estimate of drug-likeness (QED) is 0.489. The molecule has 0 spiro atoms. The molecule has 1 aromatic rings. The van der Waals surface area contributed by atoms with Gasteiger partial charge in [-0.2, -0.15) is 0 Å². The maximum atomic E-state index is 4.01. The fourth-order valence-electron chi connectivity index (χ4n) is 4.21. The Balaban J connectivity index is 0.000000529. The van der Waals surface area contributed by atoms with Crippen molar-refractivity contribution in [1.29, 1.82) is 0 Å². The summed E-state index contributed by atoms with van der Waals surface area (Å²) >= 11 is -2.18. The number of nitrogens with zero attached hydrogens (tertiary/aromatic N) is 1. The van der Waals surface area contributed by atoms with E-state index < -0.39 is 16.8 Å². The SMILES string of the molecule is C=C(C)C(=C)C.CC(C)(C)[NH][Ti]([CH3])([CH3])[CH]1C=C(N2CCCC2)c2ccccc21.[SiH4]. The predicted octanol–water partition coefficient (Wildman–Crippen LogP) is 5.42. The van der Waals surface area contributed by atoms with E-state index in [0.717, 1.165) is 11.1 Å². The molecule has 0 aromatic heterocycles. The summed E-state index contributed by atoms with van der Waals surface area (Å²) < 4.78 is 4.63. The Morgan fingerprint density at radius 1 is 1.03 bits per heavy atom. The van der Waals surface area contributed by atoms with Gasteiger partial charge >= 0.3 is 140 Å². The molecule has 1 aromatic carbocycles. The van der Waals surface area contributed by atoms with Crippen molar-refractivity contribution in [1.82, 2.24) is 8.70 Å². The van der Waals surface area contributed by atoms with E-state index in [2.05, 4.69) is 83.4 Å². The normalized spacial score (nSPS) is 18.2. The van der Waals surface area contributed by atoms with Crippen molar-refractivity contribution in [3.8, 4) is 0 Å². The second-order valence-electron chi connectivity index (χ2n) is 9.97. The average Bonchev–Trinajstić information content (AvgIpc) is 3.20. The van der Waals surface area contributed by atoms with Gasteiger partial charge in [0.2, 0.25) is 0 Å². The van der Waals surface area contributed by atoms with Gasteiger partial charge in [-0.15, -0.1) is 0 Å². The first-order chi connectivity index (χ1) is 12.9. The molecule has 162 valence electrons. The minimum Gasteiger partial charge on any atom is -0.0149 e. The zero-order chi connectivity index (χ0) is 21.1. The van der Waals surface area contributed by atoms with Gasteiger partial charge in [-0.1, -0.05) is 24.3 Å². The Hall–Kier alpha value is -0.869. The molecule has 1 aliphatic heterocycles. The zero-order valence-corrected chi connectivity index (χ0v) is 20.7. The number of rotatable bonds is 4. The first-order valence-electron chi connectivity index (χ1n) is 10.6. The Kier molecular flexibility index (Phi) is 9.42. The first kappa shape index (κ1) is 26.2. The van der Waals surface area contributed by atoms with Gasteiger partial charge in [0, 0.05) is 0 Å². The van der Waals surface area contributed by atoms with E-state index in [1.165, 1.54) is 37.2 Å². The monoisotopic (exact) mass is 448 g/mol. The number of nitrogens with one attached hydrogen (secondary N) is 1. The molecule has 1 heterocycles. The maximum absolute atomic E-state index is 4.01. The van der Waals surface area contributed by atoms with Crippen molar-refractivity contribution in [2.24, 2.45) is 0 Å². The third-order valence-electron chi connectivity index (χ3n) is 5.55. The van der Waals surface area contributed by atoms with Crippen LogP contribution in [0.25, 0.3) is 5.70 Å². The minimum atomic E-state index is -2.18. The topological polar surface area (TPSA) is 15.3 Å². The van der Waals surface area contributed by atoms with E-state index in [1.54, 1.807) is 5.56 Å². The zero-order valence-electron chi connectivity index (χ0n) is 19.2. The van der Waals surface area contributed by atoms with Crippen molar-refractivity contribution >= 4 is 16.7 Å². The van der Waals surface area contributed by atoms with E-state index in [-0.39, 0.29) is 16.5 Å². The first-order valence-corrected chi connectivity index (χ1v) is 15.4. The predicted molar refractivity (Wildman–Crippen MR) is 134 cm³/mol. The molecule has 1 unspecified atom stereocenters. The van der Waals surface area contributed by atoms with Crippen LogP contribution in [0.1, 0.15) is 62.8 Å². The summed E-state index contributed by atoms with van der Waals surface area (Å²) in [5.41, 5.74) is 6.88. The number of hydrogen-bond acceptors (Lipinski definition) is 2. The number of hydrogen-bond donors (Lipinski definition) is 1. The molecule has 2 aliphatic rings. The van der Waals surface area contributed by atoms with Crippen LogP contribution in [0.5, 0.6) is 0 Å². The van der Waals surface area contributed by atoms with E-state index in [0.29, 0.717) is 4.22 Å². The van der Waals surface area contributed by atoms with Crippen LogP contribution in [-0.2, 0) is 16.8 Å². The molecule has 1 saturated heterocycles. The number of benzene rings is 1. The fraction of sp³-hybridized carbons (Fsp3) is 0.520. The van der Waals surface area contributed by atoms with Crippen molar-refractivity contribution < 1.29 is 16.8 Å². The Morgan fingerprint density at radius 3 is 2.03 bits per heavy atom. The average molecular weight is 449 g/mol. The summed E-state index contributed by atoms with van der Waals surface area (Å²) in [6.07, 6.45) is 5.28. The van der Waals surface area contributed by atoms with Crippen LogP contribution in [-0.4, -0.2) is 34.5 Å². The Labute approximate surface area is 188 Å². The molecule has 3 rings (SSSR count). The second-order valence-corrected chi connectivity index (χ2v) is 16.7. The molecule has 1 aliphatic carbocycles. The Bertz CT molecular complexity index is 740. The van der Waals surface area contributed by atoms with Gasteiger partial charge in [0.15, 0.2) is 0 Å². The molecular weight excluding hydrogens is 404 g/mol. The van der Waals surface area contributed by atoms with Crippen molar-refractivity contribution in [3.63, 3.8) is 0 Å². The van der Waals surface area contributed by atoms with Gasteiger partial charge in [-0.25, -0.2) is 0 Å². The van der Waals surface area contributed by atoms with Gasteiger partial charge in [-0.3, -0.25) is 0 Å². The molecule has 0 radical (unpaired) electrons. The van der Waals surface area contributed by atoms with Gasteiger partial charge in [0.1, 0.15) is 0 Å². The molecule has 29 heavy (non-hydrogen) atoms. The molecule has 1 N–H and O–H groups in total. The third kappa shape index (κ3) is 7.10. The van der Waals surface area contributed by atoms with Crippen LogP contribution in [0.3, 0.4) is 0 Å². The van der Waals surface area contributed by atoms with Gasteiger partial charge in [-0.05, 0) is 24.8 Å². The largest absolute Gasteiger partial charge is 0.0149 e. The maximum Gasteiger partial charge on any atom is -0.0149 e. The molecular formula is C25H44N2SiTi. The summed E-state index contributed by atoms with van der Waals surface area (Å²) in [6, 6.07) is 9.09. The minimum absolute atomic E-state index is 0. The van der Waals surface area contributed by atoms with E-state index in [4.69, 9.17) is 0 Å². The van der Waals surface area contributed by atoms with E-state index >= 15 is 0 Å². The van der Waals surface area contributed by atoms with E-state index in [9.17, 15) is 0 Å². The van der Waals surface area contributed by atoms with Crippen LogP contribution in [0, 0.1) is 0 Å².